The molecule has 130 valence electrons. The van der Waals surface area contributed by atoms with Gasteiger partial charge in [0.25, 0.3) is 5.56 Å². The van der Waals surface area contributed by atoms with Gasteiger partial charge in [-0.1, -0.05) is 53.5 Å². The first-order valence-electron chi connectivity index (χ1n) is 8.10. The Hall–Kier alpha value is -2.56. The van der Waals surface area contributed by atoms with E-state index in [0.29, 0.717) is 15.7 Å². The molecule has 1 N–H and O–H groups in total. The van der Waals surface area contributed by atoms with Crippen molar-refractivity contribution in [3.05, 3.63) is 80.2 Å². The Bertz CT molecular complexity index is 1210. The Balaban J connectivity index is 2.06. The molecule has 4 aromatic rings. The van der Waals surface area contributed by atoms with Gasteiger partial charge in [0.05, 0.1) is 21.4 Å². The highest BCUT2D eigenvalue weighted by Crippen LogP contribution is 2.33. The average Bonchev–Trinajstić information content (AvgIpc) is 2.93. The van der Waals surface area contributed by atoms with E-state index in [4.69, 9.17) is 23.2 Å². The maximum atomic E-state index is 12.4. The van der Waals surface area contributed by atoms with Gasteiger partial charge in [0, 0.05) is 17.2 Å². The summed E-state index contributed by atoms with van der Waals surface area (Å²) in [4.78, 5) is 15.3. The summed E-state index contributed by atoms with van der Waals surface area (Å²) < 4.78 is 1.77. The number of hydrogen-bond donors (Lipinski definition) is 1. The van der Waals surface area contributed by atoms with Gasteiger partial charge in [-0.25, -0.2) is 4.52 Å². The molecule has 0 saturated heterocycles. The van der Waals surface area contributed by atoms with Crippen LogP contribution in [0.4, 0.5) is 0 Å². The van der Waals surface area contributed by atoms with Gasteiger partial charge in [-0.05, 0) is 37.1 Å². The Kier molecular flexibility index (Phi) is 4.10. The van der Waals surface area contributed by atoms with Gasteiger partial charge in [-0.2, -0.15) is 5.10 Å². The average molecular weight is 384 g/mol. The van der Waals surface area contributed by atoms with Crippen molar-refractivity contribution in [1.82, 2.24) is 14.6 Å². The lowest BCUT2D eigenvalue weighted by Crippen LogP contribution is -2.10. The van der Waals surface area contributed by atoms with Crippen LogP contribution in [0.1, 0.15) is 11.3 Å². The lowest BCUT2D eigenvalue weighted by molar-refractivity contribution is 0.917. The molecule has 0 amide bonds. The van der Waals surface area contributed by atoms with E-state index < -0.39 is 0 Å². The van der Waals surface area contributed by atoms with Gasteiger partial charge in [0.15, 0.2) is 0 Å². The summed E-state index contributed by atoms with van der Waals surface area (Å²) in [5.41, 5.74) is 5.70. The number of fused-ring (bicyclic) bond motifs is 1. The van der Waals surface area contributed by atoms with E-state index in [1.807, 2.05) is 44.2 Å². The zero-order chi connectivity index (χ0) is 18.4. The molecule has 6 heteroatoms. The Morgan fingerprint density at radius 1 is 1.00 bits per heavy atom. The van der Waals surface area contributed by atoms with Crippen LogP contribution >= 0.6 is 23.2 Å². The molecule has 26 heavy (non-hydrogen) atoms. The maximum absolute atomic E-state index is 12.4. The van der Waals surface area contributed by atoms with Crippen LogP contribution in [0.5, 0.6) is 0 Å². The highest BCUT2D eigenvalue weighted by atomic mass is 35.5. The molecule has 2 aromatic heterocycles. The molecule has 2 heterocycles. The minimum absolute atomic E-state index is 0.183. The molecule has 0 radical (unpaired) electrons. The summed E-state index contributed by atoms with van der Waals surface area (Å²) in [6.45, 7) is 3.92. The predicted molar refractivity (Wildman–Crippen MR) is 106 cm³/mol. The van der Waals surface area contributed by atoms with Gasteiger partial charge in [-0.15, -0.1) is 0 Å². The standard InChI is InChI=1S/C20H15Cl2N3O/c1-11-5-3-4-6-14(11)17-10-18(26)23-20-19(12(2)24-25(17)20)13-7-8-15(21)16(22)9-13/h3-10H,1-2H3,(H,23,26). The van der Waals surface area contributed by atoms with Crippen LogP contribution in [0.25, 0.3) is 28.0 Å². The van der Waals surface area contributed by atoms with Gasteiger partial charge in [0.1, 0.15) is 5.65 Å². The number of aromatic amines is 1. The molecule has 4 nitrogen and oxygen atoms in total. The zero-order valence-corrected chi connectivity index (χ0v) is 15.7. The molecule has 0 unspecified atom stereocenters. The second-order valence-corrected chi connectivity index (χ2v) is 7.00. The van der Waals surface area contributed by atoms with Crippen LogP contribution in [0.2, 0.25) is 10.0 Å². The smallest absolute Gasteiger partial charge is 0.251 e. The summed E-state index contributed by atoms with van der Waals surface area (Å²) in [7, 11) is 0. The summed E-state index contributed by atoms with van der Waals surface area (Å²) in [6, 6.07) is 14.9. The topological polar surface area (TPSA) is 50.2 Å². The lowest BCUT2D eigenvalue weighted by atomic mass is 10.0. The number of nitrogens with one attached hydrogen (secondary N) is 1. The molecule has 0 fully saturated rings. The van der Waals surface area contributed by atoms with E-state index in [9.17, 15) is 4.79 Å². The van der Waals surface area contributed by atoms with Gasteiger partial charge >= 0.3 is 0 Å². The molecule has 0 bridgehead atoms. The van der Waals surface area contributed by atoms with Gasteiger partial charge < -0.3 is 4.98 Å². The Morgan fingerprint density at radius 2 is 1.77 bits per heavy atom. The van der Waals surface area contributed by atoms with Crippen molar-refractivity contribution in [2.45, 2.75) is 13.8 Å². The SMILES string of the molecule is Cc1ccccc1-c1cc(=O)[nH]c2c(-c3ccc(Cl)c(Cl)c3)c(C)nn12. The second kappa shape index (κ2) is 6.31. The monoisotopic (exact) mass is 383 g/mol. The number of nitrogens with zero attached hydrogens (tertiary/aromatic N) is 2. The predicted octanol–water partition coefficient (Wildman–Crippen LogP) is 5.28. The van der Waals surface area contributed by atoms with Crippen molar-refractivity contribution in [3.8, 4) is 22.4 Å². The quantitative estimate of drug-likeness (QED) is 0.511. The Labute approximate surface area is 160 Å². The first-order valence-corrected chi connectivity index (χ1v) is 8.85. The lowest BCUT2D eigenvalue weighted by Gasteiger charge is -2.08. The van der Waals surface area contributed by atoms with Crippen LogP contribution < -0.4 is 5.56 Å². The van der Waals surface area contributed by atoms with E-state index in [1.54, 1.807) is 22.7 Å². The van der Waals surface area contributed by atoms with Crippen LogP contribution in [0, 0.1) is 13.8 Å². The van der Waals surface area contributed by atoms with Crippen LogP contribution in [0.15, 0.2) is 53.3 Å². The van der Waals surface area contributed by atoms with Crippen molar-refractivity contribution in [1.29, 1.82) is 0 Å². The first-order chi connectivity index (χ1) is 12.5. The van der Waals surface area contributed by atoms with Crippen LogP contribution in [-0.2, 0) is 0 Å². The molecule has 4 rings (SSSR count). The summed E-state index contributed by atoms with van der Waals surface area (Å²) in [5, 5.41) is 5.61. The third-order valence-corrected chi connectivity index (χ3v) is 5.17. The Morgan fingerprint density at radius 3 is 2.50 bits per heavy atom. The minimum atomic E-state index is -0.183. The molecular formula is C20H15Cl2N3O. The van der Waals surface area contributed by atoms with E-state index >= 15 is 0 Å². The van der Waals surface area contributed by atoms with Gasteiger partial charge in [-0.3, -0.25) is 4.79 Å². The molecular weight excluding hydrogens is 369 g/mol. The highest BCUT2D eigenvalue weighted by molar-refractivity contribution is 6.42. The molecule has 0 aliphatic heterocycles. The van der Waals surface area contributed by atoms with E-state index in [2.05, 4.69) is 10.1 Å². The molecule has 2 aromatic carbocycles. The number of aromatic nitrogens is 3. The molecule has 0 aliphatic carbocycles. The number of hydrogen-bond acceptors (Lipinski definition) is 2. The fraction of sp³-hybridized carbons (Fsp3) is 0.100. The fourth-order valence-corrected chi connectivity index (χ4v) is 3.50. The van der Waals surface area contributed by atoms with Crippen LogP contribution in [-0.4, -0.2) is 14.6 Å². The van der Waals surface area contributed by atoms with Crippen molar-refractivity contribution in [2.24, 2.45) is 0 Å². The molecule has 0 atom stereocenters. The van der Waals surface area contributed by atoms with E-state index in [1.165, 1.54) is 0 Å². The molecule has 0 aliphatic rings. The number of rotatable bonds is 2. The third kappa shape index (κ3) is 2.71. The summed E-state index contributed by atoms with van der Waals surface area (Å²) in [6.07, 6.45) is 0. The molecule has 0 saturated carbocycles. The fourth-order valence-electron chi connectivity index (χ4n) is 3.20. The van der Waals surface area contributed by atoms with Gasteiger partial charge in [0.2, 0.25) is 0 Å². The van der Waals surface area contributed by atoms with Crippen molar-refractivity contribution in [3.63, 3.8) is 0 Å². The number of H-pyrrole nitrogens is 1. The third-order valence-electron chi connectivity index (χ3n) is 4.43. The molecule has 0 spiro atoms. The number of halogens is 2. The maximum Gasteiger partial charge on any atom is 0.251 e. The zero-order valence-electron chi connectivity index (χ0n) is 14.2. The number of aryl methyl sites for hydroxylation is 2. The summed E-state index contributed by atoms with van der Waals surface area (Å²) >= 11 is 12.2. The number of benzene rings is 2. The van der Waals surface area contributed by atoms with Crippen molar-refractivity contribution in [2.75, 3.05) is 0 Å². The first kappa shape index (κ1) is 16.9. The largest absolute Gasteiger partial charge is 0.306 e. The van der Waals surface area contributed by atoms with Crippen molar-refractivity contribution >= 4 is 28.8 Å². The normalized spacial score (nSPS) is 11.2. The van der Waals surface area contributed by atoms with Crippen LogP contribution in [0.3, 0.4) is 0 Å². The van der Waals surface area contributed by atoms with E-state index in [0.717, 1.165) is 33.6 Å². The highest BCUT2D eigenvalue weighted by Gasteiger charge is 2.17. The van der Waals surface area contributed by atoms with Crippen molar-refractivity contribution < 1.29 is 0 Å². The summed E-state index contributed by atoms with van der Waals surface area (Å²) in [5.74, 6) is 0. The minimum Gasteiger partial charge on any atom is -0.306 e. The van der Waals surface area contributed by atoms with E-state index in [-0.39, 0.29) is 5.56 Å². The second-order valence-electron chi connectivity index (χ2n) is 6.18.